The van der Waals surface area contributed by atoms with Crippen LogP contribution in [0.1, 0.15) is 44.0 Å². The molecule has 1 aliphatic rings. The zero-order valence-corrected chi connectivity index (χ0v) is 15.6. The van der Waals surface area contributed by atoms with Crippen molar-refractivity contribution >= 4 is 39.2 Å². The number of fused-ring (bicyclic) bond motifs is 1. The van der Waals surface area contributed by atoms with Crippen LogP contribution < -0.4 is 4.74 Å². The fourth-order valence-electron chi connectivity index (χ4n) is 3.19. The van der Waals surface area contributed by atoms with Gasteiger partial charge in [-0.25, -0.2) is 9.37 Å². The van der Waals surface area contributed by atoms with E-state index >= 15 is 0 Å². The Hall–Kier alpha value is -1.59. The van der Waals surface area contributed by atoms with Crippen molar-refractivity contribution < 1.29 is 9.13 Å². The quantitative estimate of drug-likeness (QED) is 0.766. The lowest BCUT2D eigenvalue weighted by Crippen LogP contribution is -2.51. The maximum Gasteiger partial charge on any atom is 0.212 e. The summed E-state index contributed by atoms with van der Waals surface area (Å²) in [6.07, 6.45) is 4.90. The van der Waals surface area contributed by atoms with Crippen LogP contribution in [0.2, 0.25) is 5.11 Å². The summed E-state index contributed by atoms with van der Waals surface area (Å²) in [5.41, 5.74) is 3.01. The number of halogens is 1. The van der Waals surface area contributed by atoms with E-state index in [2.05, 4.69) is 10.1 Å². The van der Waals surface area contributed by atoms with E-state index in [1.807, 2.05) is 18.5 Å². The van der Waals surface area contributed by atoms with Crippen LogP contribution in [0.3, 0.4) is 0 Å². The van der Waals surface area contributed by atoms with Gasteiger partial charge in [-0.3, -0.25) is 4.68 Å². The summed E-state index contributed by atoms with van der Waals surface area (Å²) < 4.78 is 21.9. The van der Waals surface area contributed by atoms with Crippen molar-refractivity contribution in [2.45, 2.75) is 56.1 Å². The van der Waals surface area contributed by atoms with E-state index in [0.717, 1.165) is 43.1 Å². The molecule has 0 aliphatic heterocycles. The van der Waals surface area contributed by atoms with Crippen LogP contribution in [-0.2, 0) is 12.8 Å². The highest BCUT2D eigenvalue weighted by atomic mass is 19.1. The van der Waals surface area contributed by atoms with Gasteiger partial charge in [0.15, 0.2) is 5.82 Å². The molecule has 0 saturated heterocycles. The predicted molar refractivity (Wildman–Crippen MR) is 107 cm³/mol. The molecule has 128 valence electrons. The van der Waals surface area contributed by atoms with Crippen molar-refractivity contribution in [3.05, 3.63) is 29.3 Å². The van der Waals surface area contributed by atoms with Crippen molar-refractivity contribution in [3.63, 3.8) is 0 Å². The Labute approximate surface area is 166 Å². The van der Waals surface area contributed by atoms with Gasteiger partial charge in [0, 0.05) is 34.3 Å². The van der Waals surface area contributed by atoms with Crippen LogP contribution in [0.4, 0.5) is 4.39 Å². The summed E-state index contributed by atoms with van der Waals surface area (Å²) in [6, 6.07) is 1.55. The number of ether oxygens (including phenoxy) is 1. The van der Waals surface area contributed by atoms with Gasteiger partial charge in [0.1, 0.15) is 15.7 Å². The van der Waals surface area contributed by atoms with Crippen LogP contribution in [0.5, 0.6) is 5.88 Å². The molecule has 27 heavy (non-hydrogen) atoms. The minimum atomic E-state index is -2.11. The second kappa shape index (κ2) is 7.10. The lowest BCUT2D eigenvalue weighted by atomic mass is 9.28. The standard InChI is InChI=1S/C17H17B5FN3O/c1-9(2)26-13-6-4-3-5-10(13)15(25-26)11-7-14(24-8-12(11)23)27-17(21,22)16(18,19)20/h7-9H,3-6H2,1-2H3. The molecule has 10 radical (unpaired) electrons. The Bertz CT molecular complexity index is 848. The summed E-state index contributed by atoms with van der Waals surface area (Å²) in [5, 5.41) is 0.534. The molecule has 2 aromatic rings. The summed E-state index contributed by atoms with van der Waals surface area (Å²) in [6.45, 7) is 4.09. The summed E-state index contributed by atoms with van der Waals surface area (Å²) in [7, 11) is 28.1. The molecule has 2 aromatic heterocycles. The van der Waals surface area contributed by atoms with Crippen molar-refractivity contribution in [3.8, 4) is 17.1 Å². The fraction of sp³-hybridized carbons (Fsp3) is 0.529. The largest absolute Gasteiger partial charge is 0.493 e. The molecule has 0 amide bonds. The van der Waals surface area contributed by atoms with Gasteiger partial charge in [0.2, 0.25) is 5.88 Å². The molecule has 10 heteroatoms. The normalized spacial score (nSPS) is 15.0. The Morgan fingerprint density at radius 1 is 1.15 bits per heavy atom. The SMILES string of the molecule is [B]C([B])([B])C([B])([B])Oc1cc(-c2nn(C(C)C)c3c2CCCC3)c(F)cn1. The van der Waals surface area contributed by atoms with Gasteiger partial charge in [0.05, 0.1) is 35.4 Å². The molecule has 0 unspecified atom stereocenters. The van der Waals surface area contributed by atoms with E-state index in [9.17, 15) is 4.39 Å². The van der Waals surface area contributed by atoms with E-state index in [-0.39, 0.29) is 17.5 Å². The van der Waals surface area contributed by atoms with E-state index < -0.39 is 16.3 Å². The first kappa shape index (κ1) is 20.2. The van der Waals surface area contributed by atoms with Gasteiger partial charge >= 0.3 is 0 Å². The van der Waals surface area contributed by atoms with Crippen molar-refractivity contribution in [1.29, 1.82) is 0 Å². The molecule has 0 N–H and O–H groups in total. The highest BCUT2D eigenvalue weighted by Crippen LogP contribution is 2.36. The summed E-state index contributed by atoms with van der Waals surface area (Å²) >= 11 is 0. The number of hydrogen-bond acceptors (Lipinski definition) is 3. The van der Waals surface area contributed by atoms with Gasteiger partial charge in [0.25, 0.3) is 0 Å². The lowest BCUT2D eigenvalue weighted by molar-refractivity contribution is 0.231. The van der Waals surface area contributed by atoms with Crippen LogP contribution in [0.15, 0.2) is 12.3 Å². The molecular weight excluding hydrogens is 335 g/mol. The molecule has 3 rings (SSSR count). The molecule has 4 nitrogen and oxygen atoms in total. The lowest BCUT2D eigenvalue weighted by Gasteiger charge is -2.41. The summed E-state index contributed by atoms with van der Waals surface area (Å²) in [5.74, 6) is -0.575. The average molecular weight is 352 g/mol. The van der Waals surface area contributed by atoms with E-state index in [0.29, 0.717) is 5.69 Å². The topological polar surface area (TPSA) is 39.9 Å². The zero-order valence-electron chi connectivity index (χ0n) is 15.6. The van der Waals surface area contributed by atoms with Gasteiger partial charge < -0.3 is 4.74 Å². The maximum absolute atomic E-state index is 14.6. The molecule has 1 aliphatic carbocycles. The second-order valence-electron chi connectivity index (χ2n) is 7.35. The minimum absolute atomic E-state index is 0.0502. The van der Waals surface area contributed by atoms with Gasteiger partial charge in [-0.1, -0.05) is 0 Å². The van der Waals surface area contributed by atoms with Crippen molar-refractivity contribution in [2.75, 3.05) is 0 Å². The molecule has 0 saturated carbocycles. The van der Waals surface area contributed by atoms with Crippen molar-refractivity contribution in [2.24, 2.45) is 0 Å². The number of nitrogens with zero attached hydrogens (tertiary/aromatic N) is 3. The van der Waals surface area contributed by atoms with Crippen molar-refractivity contribution in [1.82, 2.24) is 14.8 Å². The van der Waals surface area contributed by atoms with E-state index in [1.54, 1.807) is 0 Å². The molecule has 0 bridgehead atoms. The van der Waals surface area contributed by atoms with Crippen LogP contribution in [0, 0.1) is 5.82 Å². The van der Waals surface area contributed by atoms with Gasteiger partial charge in [-0.2, -0.15) is 5.10 Å². The molecule has 2 heterocycles. The molecule has 0 fully saturated rings. The number of hydrogen-bond donors (Lipinski definition) is 0. The highest BCUT2D eigenvalue weighted by molar-refractivity contribution is 6.66. The number of aromatic nitrogens is 3. The monoisotopic (exact) mass is 353 g/mol. The van der Waals surface area contributed by atoms with Crippen LogP contribution >= 0.6 is 0 Å². The number of rotatable bonds is 5. The first-order chi connectivity index (χ1) is 12.5. The average Bonchev–Trinajstić information content (AvgIpc) is 2.95. The Balaban J connectivity index is 2.06. The number of pyridine rings is 1. The second-order valence-corrected chi connectivity index (χ2v) is 7.35. The molecule has 0 atom stereocenters. The Kier molecular flexibility index (Phi) is 5.30. The van der Waals surface area contributed by atoms with Gasteiger partial charge in [-0.15, -0.1) is 5.11 Å². The maximum atomic E-state index is 14.6. The smallest absolute Gasteiger partial charge is 0.212 e. The van der Waals surface area contributed by atoms with E-state index in [1.165, 1.54) is 6.07 Å². The molecule has 0 aromatic carbocycles. The first-order valence-electron chi connectivity index (χ1n) is 8.91. The van der Waals surface area contributed by atoms with Crippen LogP contribution in [0.25, 0.3) is 11.3 Å². The third-order valence-electron chi connectivity index (χ3n) is 4.73. The highest BCUT2D eigenvalue weighted by Gasteiger charge is 2.33. The minimum Gasteiger partial charge on any atom is -0.493 e. The first-order valence-corrected chi connectivity index (χ1v) is 8.91. The third-order valence-corrected chi connectivity index (χ3v) is 4.73. The summed E-state index contributed by atoms with van der Waals surface area (Å²) in [4.78, 5) is 3.86. The molecule has 0 spiro atoms. The van der Waals surface area contributed by atoms with Crippen LogP contribution in [-0.4, -0.2) is 59.4 Å². The fourth-order valence-corrected chi connectivity index (χ4v) is 3.19. The zero-order chi connectivity index (χ0) is 20.0. The Morgan fingerprint density at radius 3 is 2.44 bits per heavy atom. The van der Waals surface area contributed by atoms with Gasteiger partial charge in [-0.05, 0) is 39.5 Å². The third kappa shape index (κ3) is 3.85. The van der Waals surface area contributed by atoms with E-state index in [4.69, 9.17) is 44.0 Å². The molecular formula is C17H17B5FN3O. The predicted octanol–water partition coefficient (Wildman–Crippen LogP) is 1.49. The Morgan fingerprint density at radius 2 is 1.81 bits per heavy atom.